The first-order valence-corrected chi connectivity index (χ1v) is 13.5. The summed E-state index contributed by atoms with van der Waals surface area (Å²) in [5.41, 5.74) is 0.913. The number of halogens is 3. The largest absolute Gasteiger partial charge is 0.469 e. The number of nitrogens with zero attached hydrogens (tertiary/aromatic N) is 3. The minimum Gasteiger partial charge on any atom is -0.469 e. The van der Waals surface area contributed by atoms with E-state index in [0.717, 1.165) is 60.7 Å². The number of para-hydroxylation sites is 1. The number of alkyl halides is 3. The standard InChI is InChI=1S/C27H32F3N3O4S/c1-36-25(34)9-10-26(35)37-18-17-32-15-13-31(14-16-32)11-4-12-33-21-5-2-3-6-23(21)38-24-8-7-20(19-22(24)33)27(28,29)30/h2-3,5-8,19H,4,9-18H2,1H3. The SMILES string of the molecule is COC(=O)CCC(=O)OCCN1CCN(CCCN2c3ccccc3Sc3ccc(C(F)(F)F)cc32)CC1. The first kappa shape index (κ1) is 28.3. The van der Waals surface area contributed by atoms with Crippen LogP contribution in [-0.2, 0) is 25.2 Å². The van der Waals surface area contributed by atoms with Gasteiger partial charge >= 0.3 is 18.1 Å². The van der Waals surface area contributed by atoms with Gasteiger partial charge in [0, 0.05) is 49.1 Å². The van der Waals surface area contributed by atoms with Gasteiger partial charge in [0.15, 0.2) is 0 Å². The van der Waals surface area contributed by atoms with Crippen molar-refractivity contribution in [2.75, 3.05) is 64.4 Å². The van der Waals surface area contributed by atoms with Crippen molar-refractivity contribution in [2.45, 2.75) is 35.2 Å². The zero-order chi connectivity index (χ0) is 27.1. The average molecular weight is 552 g/mol. The Kier molecular flexibility index (Phi) is 9.56. The van der Waals surface area contributed by atoms with Crippen molar-refractivity contribution in [3.05, 3.63) is 48.0 Å². The van der Waals surface area contributed by atoms with Crippen molar-refractivity contribution >= 4 is 35.1 Å². The molecule has 2 aliphatic rings. The predicted molar refractivity (Wildman–Crippen MR) is 139 cm³/mol. The number of esters is 2. The van der Waals surface area contributed by atoms with Crippen LogP contribution in [0.3, 0.4) is 0 Å². The molecule has 0 bridgehead atoms. The number of benzene rings is 2. The third kappa shape index (κ3) is 7.42. The van der Waals surface area contributed by atoms with Crippen LogP contribution in [0.5, 0.6) is 0 Å². The van der Waals surface area contributed by atoms with Crippen LogP contribution >= 0.6 is 11.8 Å². The Bertz CT molecular complexity index is 1120. The summed E-state index contributed by atoms with van der Waals surface area (Å²) in [6.07, 6.45) is -3.54. The van der Waals surface area contributed by atoms with Gasteiger partial charge in [0.25, 0.3) is 0 Å². The van der Waals surface area contributed by atoms with Gasteiger partial charge in [-0.2, -0.15) is 13.2 Å². The Balaban J connectivity index is 1.25. The van der Waals surface area contributed by atoms with E-state index in [9.17, 15) is 22.8 Å². The second-order valence-electron chi connectivity index (χ2n) is 9.24. The van der Waals surface area contributed by atoms with Gasteiger partial charge in [-0.1, -0.05) is 23.9 Å². The first-order chi connectivity index (χ1) is 18.2. The number of ether oxygens (including phenoxy) is 2. The minimum atomic E-state index is -4.39. The summed E-state index contributed by atoms with van der Waals surface area (Å²) < 4.78 is 50.0. The van der Waals surface area contributed by atoms with Crippen LogP contribution in [0.1, 0.15) is 24.8 Å². The van der Waals surface area contributed by atoms with E-state index in [4.69, 9.17) is 4.74 Å². The minimum absolute atomic E-state index is 0.0165. The van der Waals surface area contributed by atoms with Crippen molar-refractivity contribution in [3.8, 4) is 0 Å². The second-order valence-corrected chi connectivity index (χ2v) is 10.3. The highest BCUT2D eigenvalue weighted by Crippen LogP contribution is 2.49. The number of anilines is 2. The molecule has 2 aromatic rings. The molecule has 0 amide bonds. The molecule has 0 radical (unpaired) electrons. The van der Waals surface area contributed by atoms with E-state index in [1.807, 2.05) is 29.2 Å². The molecule has 0 aliphatic carbocycles. The lowest BCUT2D eigenvalue weighted by Gasteiger charge is -2.36. The highest BCUT2D eigenvalue weighted by Gasteiger charge is 2.33. The van der Waals surface area contributed by atoms with E-state index in [-0.39, 0.29) is 19.4 Å². The molecule has 1 saturated heterocycles. The highest BCUT2D eigenvalue weighted by atomic mass is 32.2. The van der Waals surface area contributed by atoms with E-state index in [1.165, 1.54) is 24.9 Å². The number of hydrogen-bond acceptors (Lipinski definition) is 8. The van der Waals surface area contributed by atoms with Crippen molar-refractivity contribution in [3.63, 3.8) is 0 Å². The summed E-state index contributed by atoms with van der Waals surface area (Å²) in [6, 6.07) is 11.8. The predicted octanol–water partition coefficient (Wildman–Crippen LogP) is 4.81. The summed E-state index contributed by atoms with van der Waals surface area (Å²) in [5.74, 6) is -0.840. The average Bonchev–Trinajstić information content (AvgIpc) is 2.91. The zero-order valence-corrected chi connectivity index (χ0v) is 22.2. The third-order valence-electron chi connectivity index (χ3n) is 6.71. The fourth-order valence-electron chi connectivity index (χ4n) is 4.60. The molecular weight excluding hydrogens is 519 g/mol. The molecular formula is C27H32F3N3O4S. The Labute approximate surface area is 224 Å². The number of hydrogen-bond donors (Lipinski definition) is 0. The van der Waals surface area contributed by atoms with Crippen molar-refractivity contribution in [1.82, 2.24) is 9.80 Å². The van der Waals surface area contributed by atoms with Crippen LogP contribution in [0.25, 0.3) is 0 Å². The van der Waals surface area contributed by atoms with Gasteiger partial charge in [-0.3, -0.25) is 14.5 Å². The Hall–Kier alpha value is -2.76. The first-order valence-electron chi connectivity index (χ1n) is 12.7. The summed E-state index contributed by atoms with van der Waals surface area (Å²) >= 11 is 1.50. The monoisotopic (exact) mass is 551 g/mol. The van der Waals surface area contributed by atoms with Crippen molar-refractivity contribution in [1.29, 1.82) is 0 Å². The Morgan fingerprint density at radius 3 is 2.24 bits per heavy atom. The molecule has 0 saturated carbocycles. The fraction of sp³-hybridized carbons (Fsp3) is 0.481. The van der Waals surface area contributed by atoms with E-state index >= 15 is 0 Å². The second kappa shape index (κ2) is 12.9. The normalized spacial score (nSPS) is 16.1. The lowest BCUT2D eigenvalue weighted by atomic mass is 10.1. The lowest BCUT2D eigenvalue weighted by Crippen LogP contribution is -2.47. The number of carbonyl (C=O) groups is 2. The van der Waals surface area contributed by atoms with E-state index in [1.54, 1.807) is 6.07 Å². The molecule has 0 aromatic heterocycles. The van der Waals surface area contributed by atoms with Crippen LogP contribution in [-0.4, -0.2) is 81.3 Å². The molecule has 0 unspecified atom stereocenters. The van der Waals surface area contributed by atoms with Crippen LogP contribution in [0.2, 0.25) is 0 Å². The van der Waals surface area contributed by atoms with Crippen molar-refractivity contribution in [2.24, 2.45) is 0 Å². The molecule has 0 spiro atoms. The maximum absolute atomic E-state index is 13.4. The van der Waals surface area contributed by atoms with Crippen LogP contribution in [0.4, 0.5) is 24.5 Å². The van der Waals surface area contributed by atoms with Gasteiger partial charge in [0.1, 0.15) is 6.61 Å². The quantitative estimate of drug-likeness (QED) is 0.390. The summed E-state index contributed by atoms with van der Waals surface area (Å²) in [5, 5.41) is 0. The number of carbonyl (C=O) groups excluding carboxylic acids is 2. The van der Waals surface area contributed by atoms with Crippen LogP contribution < -0.4 is 4.90 Å². The highest BCUT2D eigenvalue weighted by molar-refractivity contribution is 7.99. The molecule has 2 aliphatic heterocycles. The molecule has 2 aromatic carbocycles. The molecule has 0 atom stereocenters. The van der Waals surface area contributed by atoms with E-state index < -0.39 is 23.7 Å². The maximum atomic E-state index is 13.4. The van der Waals surface area contributed by atoms with Gasteiger partial charge < -0.3 is 19.3 Å². The number of methoxy groups -OCH3 is 1. The molecule has 4 rings (SSSR count). The van der Waals surface area contributed by atoms with Gasteiger partial charge in [0.2, 0.25) is 0 Å². The molecule has 1 fully saturated rings. The molecule has 0 N–H and O–H groups in total. The number of rotatable bonds is 10. The van der Waals surface area contributed by atoms with Crippen LogP contribution in [0, 0.1) is 0 Å². The number of piperazine rings is 1. The molecule has 7 nitrogen and oxygen atoms in total. The summed E-state index contributed by atoms with van der Waals surface area (Å²) in [6.45, 7) is 5.82. The summed E-state index contributed by atoms with van der Waals surface area (Å²) in [7, 11) is 1.28. The van der Waals surface area contributed by atoms with Gasteiger partial charge in [0.05, 0.1) is 36.9 Å². The van der Waals surface area contributed by atoms with Gasteiger partial charge in [-0.05, 0) is 43.3 Å². The summed E-state index contributed by atoms with van der Waals surface area (Å²) in [4.78, 5) is 31.3. The molecule has 38 heavy (non-hydrogen) atoms. The van der Waals surface area contributed by atoms with Gasteiger partial charge in [-0.15, -0.1) is 0 Å². The topological polar surface area (TPSA) is 62.3 Å². The van der Waals surface area contributed by atoms with E-state index in [0.29, 0.717) is 18.8 Å². The fourth-order valence-corrected chi connectivity index (χ4v) is 5.68. The van der Waals surface area contributed by atoms with E-state index in [2.05, 4.69) is 14.5 Å². The molecule has 2 heterocycles. The number of fused-ring (bicyclic) bond motifs is 2. The van der Waals surface area contributed by atoms with Crippen LogP contribution in [0.15, 0.2) is 52.3 Å². The molecule has 206 valence electrons. The third-order valence-corrected chi connectivity index (χ3v) is 7.84. The smallest absolute Gasteiger partial charge is 0.416 e. The Morgan fingerprint density at radius 1 is 0.868 bits per heavy atom. The lowest BCUT2D eigenvalue weighted by molar-refractivity contribution is -0.149. The zero-order valence-electron chi connectivity index (χ0n) is 21.3. The van der Waals surface area contributed by atoms with Gasteiger partial charge in [-0.25, -0.2) is 0 Å². The van der Waals surface area contributed by atoms with Crippen molar-refractivity contribution < 1.29 is 32.2 Å². The molecule has 11 heteroatoms. The Morgan fingerprint density at radius 2 is 1.53 bits per heavy atom. The maximum Gasteiger partial charge on any atom is 0.416 e.